The number of methoxy groups -OCH3 is 1. The van der Waals surface area contributed by atoms with Crippen LogP contribution in [0.4, 0.5) is 0 Å². The van der Waals surface area contributed by atoms with Gasteiger partial charge >= 0.3 is 0 Å². The Morgan fingerprint density at radius 3 is 2.11 bits per heavy atom. The molecular formula is C22H40N2O4. The number of piperidine rings is 2. The van der Waals surface area contributed by atoms with Crippen LogP contribution in [0.2, 0.25) is 0 Å². The number of nitrogens with one attached hydrogen (secondary N) is 2. The summed E-state index contributed by atoms with van der Waals surface area (Å²) < 4.78 is 24.2. The molecule has 6 heteroatoms. The Morgan fingerprint density at radius 1 is 0.750 bits per heavy atom. The second-order valence-corrected chi connectivity index (χ2v) is 9.37. The minimum absolute atomic E-state index is 0.294. The molecule has 0 bridgehead atoms. The number of hydrogen-bond donors (Lipinski definition) is 2. The molecule has 2 unspecified atom stereocenters. The molecule has 2 aliphatic heterocycles. The fraction of sp³-hybridized carbons (Fsp3) is 1.00. The van der Waals surface area contributed by atoms with E-state index in [0.29, 0.717) is 48.8 Å². The Balaban J connectivity index is 1.08. The molecule has 0 aromatic rings. The summed E-state index contributed by atoms with van der Waals surface area (Å²) in [7, 11) is 1.80. The van der Waals surface area contributed by atoms with Gasteiger partial charge in [0.15, 0.2) is 0 Å². The zero-order valence-electron chi connectivity index (χ0n) is 17.7. The number of rotatable bonds is 9. The predicted molar refractivity (Wildman–Crippen MR) is 109 cm³/mol. The van der Waals surface area contributed by atoms with E-state index in [-0.39, 0.29) is 0 Å². The average molecular weight is 397 g/mol. The van der Waals surface area contributed by atoms with Gasteiger partial charge in [-0.1, -0.05) is 0 Å². The molecule has 3 atom stereocenters. The minimum atomic E-state index is 0.294. The molecule has 4 fully saturated rings. The molecule has 0 aromatic heterocycles. The van der Waals surface area contributed by atoms with Gasteiger partial charge in [-0.15, -0.1) is 0 Å². The first-order valence-corrected chi connectivity index (χ1v) is 11.6. The minimum Gasteiger partial charge on any atom is -0.381 e. The van der Waals surface area contributed by atoms with Crippen LogP contribution in [0.3, 0.4) is 0 Å². The van der Waals surface area contributed by atoms with Crippen molar-refractivity contribution < 1.29 is 18.9 Å². The Bertz CT molecular complexity index is 461. The van der Waals surface area contributed by atoms with Crippen LogP contribution >= 0.6 is 0 Å². The lowest BCUT2D eigenvalue weighted by Gasteiger charge is -2.41. The summed E-state index contributed by atoms with van der Waals surface area (Å²) in [5.74, 6) is 0. The third-order valence-corrected chi connectivity index (χ3v) is 6.98. The van der Waals surface area contributed by atoms with Crippen LogP contribution in [-0.2, 0) is 18.9 Å². The van der Waals surface area contributed by atoms with Crippen molar-refractivity contribution in [1.82, 2.24) is 10.6 Å². The molecular weight excluding hydrogens is 356 g/mol. The molecule has 162 valence electrons. The maximum atomic E-state index is 6.30. The van der Waals surface area contributed by atoms with Crippen molar-refractivity contribution in [3.63, 3.8) is 0 Å². The molecule has 4 rings (SSSR count). The Kier molecular flexibility index (Phi) is 7.64. The van der Waals surface area contributed by atoms with Gasteiger partial charge in [0.2, 0.25) is 0 Å². The van der Waals surface area contributed by atoms with Crippen LogP contribution in [0.5, 0.6) is 0 Å². The first kappa shape index (κ1) is 21.0. The molecule has 2 N–H and O–H groups in total. The van der Waals surface area contributed by atoms with Gasteiger partial charge in [-0.2, -0.15) is 0 Å². The highest BCUT2D eigenvalue weighted by Crippen LogP contribution is 2.32. The lowest BCUT2D eigenvalue weighted by Crippen LogP contribution is -2.47. The van der Waals surface area contributed by atoms with Crippen molar-refractivity contribution in [2.45, 2.75) is 113 Å². The van der Waals surface area contributed by atoms with Crippen molar-refractivity contribution in [2.24, 2.45) is 0 Å². The SMILES string of the molecule is COC1CC(OC2CCNC(C[C@@H](C)OC3CC(OC4CCNCC4)C3)C2)C1. The fourth-order valence-electron chi connectivity index (χ4n) is 5.09. The molecule has 0 amide bonds. The molecule has 2 saturated heterocycles. The fourth-order valence-corrected chi connectivity index (χ4v) is 5.09. The topological polar surface area (TPSA) is 61.0 Å². The summed E-state index contributed by atoms with van der Waals surface area (Å²) >= 11 is 0. The molecule has 28 heavy (non-hydrogen) atoms. The summed E-state index contributed by atoms with van der Waals surface area (Å²) in [6, 6.07) is 0.508. The largest absolute Gasteiger partial charge is 0.381 e. The Hall–Kier alpha value is -0.240. The molecule has 0 radical (unpaired) electrons. The molecule has 2 aliphatic carbocycles. The molecule has 0 aromatic carbocycles. The van der Waals surface area contributed by atoms with Crippen molar-refractivity contribution in [2.75, 3.05) is 26.7 Å². The van der Waals surface area contributed by atoms with Gasteiger partial charge < -0.3 is 29.6 Å². The molecule has 2 saturated carbocycles. The van der Waals surface area contributed by atoms with E-state index >= 15 is 0 Å². The van der Waals surface area contributed by atoms with E-state index in [1.165, 1.54) is 0 Å². The highest BCUT2D eigenvalue weighted by molar-refractivity contribution is 4.87. The van der Waals surface area contributed by atoms with E-state index < -0.39 is 0 Å². The average Bonchev–Trinajstić information content (AvgIpc) is 2.63. The molecule has 2 heterocycles. The zero-order valence-corrected chi connectivity index (χ0v) is 17.7. The standard InChI is InChI=1S/C22H40N2O4/c1-15(26-20-13-22(14-20)27-17-3-6-23-7-4-17)9-16-10-18(5-8-24-16)28-21-11-19(12-21)25-2/h15-24H,3-14H2,1-2H3/t15-,16?,18?,19?,20?,21?,22?/m1/s1. The number of hydrogen-bond acceptors (Lipinski definition) is 6. The van der Waals surface area contributed by atoms with Gasteiger partial charge in [-0.3, -0.25) is 0 Å². The maximum Gasteiger partial charge on any atom is 0.0628 e. The Labute approximate surface area is 170 Å². The van der Waals surface area contributed by atoms with Crippen molar-refractivity contribution in [1.29, 1.82) is 0 Å². The lowest BCUT2D eigenvalue weighted by molar-refractivity contribution is -0.148. The molecule has 6 nitrogen and oxygen atoms in total. The van der Waals surface area contributed by atoms with Crippen molar-refractivity contribution in [3.8, 4) is 0 Å². The van der Waals surface area contributed by atoms with Gasteiger partial charge in [0, 0.05) is 13.2 Å². The van der Waals surface area contributed by atoms with Crippen LogP contribution in [0.25, 0.3) is 0 Å². The van der Waals surface area contributed by atoms with Crippen LogP contribution in [0.1, 0.15) is 64.7 Å². The summed E-state index contributed by atoms with van der Waals surface area (Å²) in [6.07, 6.45) is 12.7. The van der Waals surface area contributed by atoms with Crippen molar-refractivity contribution in [3.05, 3.63) is 0 Å². The van der Waals surface area contributed by atoms with E-state index in [1.54, 1.807) is 7.11 Å². The lowest BCUT2D eigenvalue weighted by atomic mass is 9.90. The zero-order chi connectivity index (χ0) is 19.3. The molecule has 4 aliphatic rings. The number of ether oxygens (including phenoxy) is 4. The quantitative estimate of drug-likeness (QED) is 0.624. The van der Waals surface area contributed by atoms with Gasteiger partial charge in [0.05, 0.1) is 42.7 Å². The van der Waals surface area contributed by atoms with Gasteiger partial charge in [-0.25, -0.2) is 0 Å². The van der Waals surface area contributed by atoms with E-state index in [9.17, 15) is 0 Å². The van der Waals surface area contributed by atoms with E-state index in [2.05, 4.69) is 17.6 Å². The second-order valence-electron chi connectivity index (χ2n) is 9.37. The summed E-state index contributed by atoms with van der Waals surface area (Å²) in [4.78, 5) is 0. The summed E-state index contributed by atoms with van der Waals surface area (Å²) in [6.45, 7) is 5.47. The van der Waals surface area contributed by atoms with Crippen LogP contribution in [-0.4, -0.2) is 75.5 Å². The van der Waals surface area contributed by atoms with Crippen LogP contribution in [0, 0.1) is 0 Å². The van der Waals surface area contributed by atoms with Crippen molar-refractivity contribution >= 4 is 0 Å². The second kappa shape index (κ2) is 10.2. The molecule has 0 spiro atoms. The van der Waals surface area contributed by atoms with E-state index in [4.69, 9.17) is 18.9 Å². The normalized spacial score (nSPS) is 40.5. The highest BCUT2D eigenvalue weighted by atomic mass is 16.5. The third kappa shape index (κ3) is 5.89. The van der Waals surface area contributed by atoms with Crippen LogP contribution < -0.4 is 10.6 Å². The summed E-state index contributed by atoms with van der Waals surface area (Å²) in [5.41, 5.74) is 0. The Morgan fingerprint density at radius 2 is 1.39 bits per heavy atom. The monoisotopic (exact) mass is 396 g/mol. The van der Waals surface area contributed by atoms with Gasteiger partial charge in [0.1, 0.15) is 0 Å². The van der Waals surface area contributed by atoms with Gasteiger partial charge in [-0.05, 0) is 84.3 Å². The van der Waals surface area contributed by atoms with E-state index in [1.807, 2.05) is 0 Å². The summed E-state index contributed by atoms with van der Waals surface area (Å²) in [5, 5.41) is 7.06. The smallest absolute Gasteiger partial charge is 0.0628 e. The predicted octanol–water partition coefficient (Wildman–Crippen LogP) is 2.40. The maximum absolute atomic E-state index is 6.30. The van der Waals surface area contributed by atoms with E-state index in [0.717, 1.165) is 77.4 Å². The first-order chi connectivity index (χ1) is 13.7. The highest BCUT2D eigenvalue weighted by Gasteiger charge is 2.36. The van der Waals surface area contributed by atoms with Crippen LogP contribution in [0.15, 0.2) is 0 Å². The first-order valence-electron chi connectivity index (χ1n) is 11.6. The third-order valence-electron chi connectivity index (χ3n) is 6.98. The van der Waals surface area contributed by atoms with Gasteiger partial charge in [0.25, 0.3) is 0 Å².